The van der Waals surface area contributed by atoms with Gasteiger partial charge in [0, 0.05) is 22.4 Å². The number of anilines is 1. The Morgan fingerprint density at radius 3 is 2.07 bits per heavy atom. The fourth-order valence-corrected chi connectivity index (χ4v) is 2.31. The summed E-state index contributed by atoms with van der Waals surface area (Å²) in [4.78, 5) is 24.2. The van der Waals surface area contributed by atoms with Gasteiger partial charge in [0.1, 0.15) is 11.6 Å². The van der Waals surface area contributed by atoms with Crippen molar-refractivity contribution in [1.29, 1.82) is 0 Å². The predicted octanol–water partition coefficient (Wildman–Crippen LogP) is 3.98. The molecule has 0 aromatic heterocycles. The van der Waals surface area contributed by atoms with Crippen LogP contribution in [-0.4, -0.2) is 18.0 Å². The van der Waals surface area contributed by atoms with Gasteiger partial charge < -0.3 is 5.32 Å². The SMILES string of the molecule is O=C(N/N=C/c1ccccc1F)c1ccc(NC(=O)c2ccc(F)cc2)cc1. The van der Waals surface area contributed by atoms with Crippen molar-refractivity contribution in [1.82, 2.24) is 5.43 Å². The average Bonchev–Trinajstić information content (AvgIpc) is 2.70. The summed E-state index contributed by atoms with van der Waals surface area (Å²) in [5.74, 6) is -1.75. The Balaban J connectivity index is 1.59. The summed E-state index contributed by atoms with van der Waals surface area (Å²) in [5.41, 5.74) is 3.65. The van der Waals surface area contributed by atoms with Crippen molar-refractivity contribution in [3.63, 3.8) is 0 Å². The van der Waals surface area contributed by atoms with E-state index in [1.165, 1.54) is 54.7 Å². The first-order chi connectivity index (χ1) is 13.5. The molecule has 0 radical (unpaired) electrons. The van der Waals surface area contributed by atoms with E-state index < -0.39 is 23.4 Å². The van der Waals surface area contributed by atoms with E-state index in [0.29, 0.717) is 16.8 Å². The van der Waals surface area contributed by atoms with Crippen LogP contribution >= 0.6 is 0 Å². The quantitative estimate of drug-likeness (QED) is 0.520. The molecule has 0 unspecified atom stereocenters. The van der Waals surface area contributed by atoms with Gasteiger partial charge in [-0.2, -0.15) is 5.10 Å². The largest absolute Gasteiger partial charge is 0.322 e. The lowest BCUT2D eigenvalue weighted by molar-refractivity contribution is 0.0954. The Bertz CT molecular complexity index is 1020. The summed E-state index contributed by atoms with van der Waals surface area (Å²) in [7, 11) is 0. The Morgan fingerprint density at radius 2 is 1.39 bits per heavy atom. The highest BCUT2D eigenvalue weighted by atomic mass is 19.1. The highest BCUT2D eigenvalue weighted by Gasteiger charge is 2.08. The molecule has 0 heterocycles. The fourth-order valence-electron chi connectivity index (χ4n) is 2.31. The number of hydrogen-bond donors (Lipinski definition) is 2. The van der Waals surface area contributed by atoms with E-state index >= 15 is 0 Å². The van der Waals surface area contributed by atoms with Gasteiger partial charge in [0.2, 0.25) is 0 Å². The number of amides is 2. The van der Waals surface area contributed by atoms with Crippen LogP contribution in [0.4, 0.5) is 14.5 Å². The van der Waals surface area contributed by atoms with Gasteiger partial charge in [-0.15, -0.1) is 0 Å². The number of benzene rings is 3. The molecule has 2 N–H and O–H groups in total. The van der Waals surface area contributed by atoms with E-state index in [4.69, 9.17) is 0 Å². The second-order valence-corrected chi connectivity index (χ2v) is 5.76. The van der Waals surface area contributed by atoms with E-state index in [-0.39, 0.29) is 5.56 Å². The number of hydrogen-bond acceptors (Lipinski definition) is 3. The zero-order valence-electron chi connectivity index (χ0n) is 14.5. The van der Waals surface area contributed by atoms with Crippen LogP contribution in [0.1, 0.15) is 26.3 Å². The van der Waals surface area contributed by atoms with E-state index in [2.05, 4.69) is 15.8 Å². The molecule has 2 amide bonds. The summed E-state index contributed by atoms with van der Waals surface area (Å²) >= 11 is 0. The molecule has 0 spiro atoms. The first kappa shape index (κ1) is 18.9. The fraction of sp³-hybridized carbons (Fsp3) is 0. The minimum absolute atomic E-state index is 0.252. The van der Waals surface area contributed by atoms with Gasteiger partial charge in [0.05, 0.1) is 6.21 Å². The van der Waals surface area contributed by atoms with Crippen molar-refractivity contribution < 1.29 is 18.4 Å². The van der Waals surface area contributed by atoms with Crippen LogP contribution in [-0.2, 0) is 0 Å². The Labute approximate surface area is 159 Å². The van der Waals surface area contributed by atoms with E-state index in [0.717, 1.165) is 0 Å². The van der Waals surface area contributed by atoms with Crippen molar-refractivity contribution in [2.45, 2.75) is 0 Å². The van der Waals surface area contributed by atoms with Crippen molar-refractivity contribution in [3.8, 4) is 0 Å². The second kappa shape index (κ2) is 8.68. The molecular weight excluding hydrogens is 364 g/mol. The summed E-state index contributed by atoms with van der Waals surface area (Å²) in [6, 6.07) is 17.3. The van der Waals surface area contributed by atoms with Crippen LogP contribution in [0.3, 0.4) is 0 Å². The smallest absolute Gasteiger partial charge is 0.271 e. The van der Waals surface area contributed by atoms with E-state index in [1.54, 1.807) is 24.3 Å². The van der Waals surface area contributed by atoms with E-state index in [1.807, 2.05) is 0 Å². The number of halogens is 2. The Kier molecular flexibility index (Phi) is 5.86. The summed E-state index contributed by atoms with van der Waals surface area (Å²) in [6.07, 6.45) is 1.21. The molecule has 3 aromatic rings. The van der Waals surface area contributed by atoms with Crippen molar-refractivity contribution >= 4 is 23.7 Å². The van der Waals surface area contributed by atoms with Gasteiger partial charge in [-0.1, -0.05) is 18.2 Å². The molecule has 0 fully saturated rings. The molecule has 0 aliphatic carbocycles. The first-order valence-corrected chi connectivity index (χ1v) is 8.28. The van der Waals surface area contributed by atoms with Gasteiger partial charge in [-0.3, -0.25) is 9.59 Å². The van der Waals surface area contributed by atoms with Crippen LogP contribution < -0.4 is 10.7 Å². The maximum absolute atomic E-state index is 13.5. The number of carbonyl (C=O) groups is 2. The minimum Gasteiger partial charge on any atom is -0.322 e. The number of carbonyl (C=O) groups excluding carboxylic acids is 2. The summed E-state index contributed by atoms with van der Waals surface area (Å²) in [6.45, 7) is 0. The molecule has 0 atom stereocenters. The van der Waals surface area contributed by atoms with Crippen LogP contribution in [0.5, 0.6) is 0 Å². The lowest BCUT2D eigenvalue weighted by Crippen LogP contribution is -2.18. The van der Waals surface area contributed by atoms with Gasteiger partial charge in [-0.25, -0.2) is 14.2 Å². The molecule has 7 heteroatoms. The minimum atomic E-state index is -0.482. The standard InChI is InChI=1S/C21H15F2N3O2/c22-17-9-5-14(6-10-17)20(27)25-18-11-7-15(8-12-18)21(28)26-24-13-16-3-1-2-4-19(16)23/h1-13H,(H,25,27)(H,26,28)/b24-13+. The normalized spacial score (nSPS) is 10.6. The van der Waals surface area contributed by atoms with E-state index in [9.17, 15) is 18.4 Å². The molecule has 0 aliphatic rings. The molecule has 0 saturated heterocycles. The molecular formula is C21H15F2N3O2. The lowest BCUT2D eigenvalue weighted by atomic mass is 10.1. The highest BCUT2D eigenvalue weighted by Crippen LogP contribution is 2.12. The molecule has 28 heavy (non-hydrogen) atoms. The predicted molar refractivity (Wildman–Crippen MR) is 102 cm³/mol. The zero-order valence-corrected chi connectivity index (χ0v) is 14.5. The number of nitrogens with zero attached hydrogens (tertiary/aromatic N) is 1. The Morgan fingerprint density at radius 1 is 0.786 bits per heavy atom. The third-order valence-electron chi connectivity index (χ3n) is 3.79. The molecule has 3 aromatic carbocycles. The van der Waals surface area contributed by atoms with Crippen LogP contribution in [0.15, 0.2) is 77.9 Å². The highest BCUT2D eigenvalue weighted by molar-refractivity contribution is 6.04. The summed E-state index contributed by atoms with van der Waals surface area (Å²) < 4.78 is 26.4. The maximum atomic E-state index is 13.5. The third-order valence-corrected chi connectivity index (χ3v) is 3.79. The van der Waals surface area contributed by atoms with Crippen molar-refractivity contribution in [3.05, 3.63) is 101 Å². The van der Waals surface area contributed by atoms with Gasteiger partial charge >= 0.3 is 0 Å². The van der Waals surface area contributed by atoms with Crippen molar-refractivity contribution in [2.24, 2.45) is 5.10 Å². The second-order valence-electron chi connectivity index (χ2n) is 5.76. The maximum Gasteiger partial charge on any atom is 0.271 e. The zero-order chi connectivity index (χ0) is 19.9. The number of nitrogens with one attached hydrogen (secondary N) is 2. The number of hydrazone groups is 1. The number of rotatable bonds is 5. The Hall–Kier alpha value is -3.87. The van der Waals surface area contributed by atoms with Crippen molar-refractivity contribution in [2.75, 3.05) is 5.32 Å². The first-order valence-electron chi connectivity index (χ1n) is 8.28. The molecule has 0 aliphatic heterocycles. The molecule has 3 rings (SSSR count). The lowest BCUT2D eigenvalue weighted by Gasteiger charge is -2.06. The van der Waals surface area contributed by atoms with Gasteiger partial charge in [0.15, 0.2) is 0 Å². The molecule has 0 bridgehead atoms. The third kappa shape index (κ3) is 4.85. The molecule has 5 nitrogen and oxygen atoms in total. The average molecular weight is 379 g/mol. The molecule has 0 saturated carbocycles. The van der Waals surface area contributed by atoms with Crippen LogP contribution in [0.25, 0.3) is 0 Å². The topological polar surface area (TPSA) is 70.6 Å². The van der Waals surface area contributed by atoms with Crippen LogP contribution in [0, 0.1) is 11.6 Å². The summed E-state index contributed by atoms with van der Waals surface area (Å²) in [5, 5.41) is 6.38. The van der Waals surface area contributed by atoms with Gasteiger partial charge in [0.25, 0.3) is 11.8 Å². The monoisotopic (exact) mass is 379 g/mol. The molecule has 140 valence electrons. The van der Waals surface area contributed by atoms with Crippen LogP contribution in [0.2, 0.25) is 0 Å². The van der Waals surface area contributed by atoms with Gasteiger partial charge in [-0.05, 0) is 54.6 Å².